The molecule has 1 aliphatic rings. The molecule has 0 spiro atoms. The summed E-state index contributed by atoms with van der Waals surface area (Å²) < 4.78 is 12.9. The smallest absolute Gasteiger partial charge is 0.315 e. The Hall–Kier alpha value is -2.60. The summed E-state index contributed by atoms with van der Waals surface area (Å²) in [4.78, 5) is 16.9. The van der Waals surface area contributed by atoms with Gasteiger partial charge in [-0.15, -0.1) is 0 Å². The Balaban J connectivity index is 1.31. The summed E-state index contributed by atoms with van der Waals surface area (Å²) in [5.41, 5.74) is 2.16. The zero-order chi connectivity index (χ0) is 19.8. The zero-order valence-electron chi connectivity index (χ0n) is 16.4. The first-order chi connectivity index (χ1) is 13.6. The van der Waals surface area contributed by atoms with Gasteiger partial charge in [-0.1, -0.05) is 30.3 Å². The highest BCUT2D eigenvalue weighted by molar-refractivity contribution is 5.74. The number of hydrogen-bond donors (Lipinski definition) is 2. The van der Waals surface area contributed by atoms with E-state index in [1.807, 2.05) is 13.0 Å². The van der Waals surface area contributed by atoms with E-state index in [1.165, 1.54) is 17.8 Å². The van der Waals surface area contributed by atoms with Gasteiger partial charge in [0.05, 0.1) is 0 Å². The van der Waals surface area contributed by atoms with Crippen molar-refractivity contribution in [1.82, 2.24) is 15.5 Å². The third-order valence-corrected chi connectivity index (χ3v) is 5.12. The van der Waals surface area contributed by atoms with E-state index in [1.54, 1.807) is 12.1 Å². The molecule has 1 unspecified atom stereocenters. The average molecular weight is 384 g/mol. The second-order valence-corrected chi connectivity index (χ2v) is 7.31. The van der Waals surface area contributed by atoms with Crippen LogP contribution in [0, 0.1) is 5.82 Å². The van der Waals surface area contributed by atoms with Gasteiger partial charge in [0.25, 0.3) is 0 Å². The number of nitrogens with one attached hydrogen (secondary N) is 2. The van der Waals surface area contributed by atoms with Gasteiger partial charge in [-0.05, 0) is 43.2 Å². The number of para-hydroxylation sites is 1. The van der Waals surface area contributed by atoms with Gasteiger partial charge in [0.1, 0.15) is 5.82 Å². The highest BCUT2D eigenvalue weighted by atomic mass is 19.1. The Kier molecular flexibility index (Phi) is 7.25. The first-order valence-electron chi connectivity index (χ1n) is 9.91. The first kappa shape index (κ1) is 20.1. The van der Waals surface area contributed by atoms with Gasteiger partial charge in [-0.2, -0.15) is 0 Å². The summed E-state index contributed by atoms with van der Waals surface area (Å²) in [7, 11) is 0. The number of nitrogens with zero attached hydrogens (tertiary/aromatic N) is 2. The number of carbonyl (C=O) groups excluding carboxylic acids is 1. The van der Waals surface area contributed by atoms with Crippen molar-refractivity contribution in [3.63, 3.8) is 0 Å². The molecule has 1 atom stereocenters. The molecule has 0 saturated carbocycles. The zero-order valence-corrected chi connectivity index (χ0v) is 16.4. The van der Waals surface area contributed by atoms with Crippen LogP contribution in [0.1, 0.15) is 18.9 Å². The monoisotopic (exact) mass is 384 g/mol. The summed E-state index contributed by atoms with van der Waals surface area (Å²) in [5, 5.41) is 5.79. The Labute approximate surface area is 166 Å². The number of carbonyl (C=O) groups is 1. The van der Waals surface area contributed by atoms with E-state index in [0.717, 1.165) is 44.7 Å². The average Bonchev–Trinajstić information content (AvgIpc) is 2.73. The van der Waals surface area contributed by atoms with Crippen molar-refractivity contribution in [3.8, 4) is 0 Å². The Morgan fingerprint density at radius 3 is 2.39 bits per heavy atom. The third-order valence-electron chi connectivity index (χ3n) is 5.12. The molecule has 6 heteroatoms. The maximum Gasteiger partial charge on any atom is 0.315 e. The maximum atomic E-state index is 12.9. The van der Waals surface area contributed by atoms with Crippen LogP contribution in [-0.2, 0) is 6.54 Å². The van der Waals surface area contributed by atoms with Gasteiger partial charge in [0, 0.05) is 51.0 Å². The number of rotatable bonds is 7. The first-order valence-corrected chi connectivity index (χ1v) is 9.91. The van der Waals surface area contributed by atoms with Crippen LogP contribution in [0.25, 0.3) is 0 Å². The molecule has 3 rings (SSSR count). The fourth-order valence-electron chi connectivity index (χ4n) is 3.38. The molecule has 2 N–H and O–H groups in total. The van der Waals surface area contributed by atoms with E-state index in [-0.39, 0.29) is 17.9 Å². The summed E-state index contributed by atoms with van der Waals surface area (Å²) in [6, 6.07) is 16.6. The molecule has 1 saturated heterocycles. The molecule has 5 nitrogen and oxygen atoms in total. The quantitative estimate of drug-likeness (QED) is 0.771. The summed E-state index contributed by atoms with van der Waals surface area (Å²) >= 11 is 0. The molecule has 2 amide bonds. The van der Waals surface area contributed by atoms with Crippen molar-refractivity contribution >= 4 is 11.7 Å². The number of halogens is 1. The standard InChI is InChI=1S/C22H29FN4O/c1-18(25-22(28)24-17-19-7-9-20(23)10-8-19)11-12-26-13-15-27(16-14-26)21-5-3-2-4-6-21/h2-10,18H,11-17H2,1H3,(H2,24,25,28). The van der Waals surface area contributed by atoms with Gasteiger partial charge < -0.3 is 15.5 Å². The fraction of sp³-hybridized carbons (Fsp3) is 0.409. The Morgan fingerprint density at radius 1 is 1.04 bits per heavy atom. The molecule has 1 heterocycles. The van der Waals surface area contributed by atoms with E-state index in [2.05, 4.69) is 44.7 Å². The molecule has 0 aromatic heterocycles. The maximum absolute atomic E-state index is 12.9. The van der Waals surface area contributed by atoms with E-state index < -0.39 is 0 Å². The lowest BCUT2D eigenvalue weighted by molar-refractivity contribution is 0.227. The molecule has 150 valence electrons. The van der Waals surface area contributed by atoms with Crippen molar-refractivity contribution in [3.05, 3.63) is 66.0 Å². The molecule has 28 heavy (non-hydrogen) atoms. The molecular weight excluding hydrogens is 355 g/mol. The summed E-state index contributed by atoms with van der Waals surface area (Å²) in [6.07, 6.45) is 0.912. The minimum atomic E-state index is -0.272. The van der Waals surface area contributed by atoms with Crippen molar-refractivity contribution in [2.75, 3.05) is 37.6 Å². The van der Waals surface area contributed by atoms with E-state index in [4.69, 9.17) is 0 Å². The Bertz CT molecular complexity index is 730. The van der Waals surface area contributed by atoms with Crippen LogP contribution in [0.5, 0.6) is 0 Å². The molecule has 0 bridgehead atoms. The second-order valence-electron chi connectivity index (χ2n) is 7.31. The van der Waals surface area contributed by atoms with Gasteiger partial charge in [0.15, 0.2) is 0 Å². The summed E-state index contributed by atoms with van der Waals surface area (Å²) in [6.45, 7) is 7.53. The minimum Gasteiger partial charge on any atom is -0.369 e. The second kappa shape index (κ2) is 10.1. The molecule has 0 radical (unpaired) electrons. The highest BCUT2D eigenvalue weighted by Gasteiger charge is 2.17. The number of urea groups is 1. The lowest BCUT2D eigenvalue weighted by Crippen LogP contribution is -2.48. The van der Waals surface area contributed by atoms with E-state index >= 15 is 0 Å². The van der Waals surface area contributed by atoms with Gasteiger partial charge in [-0.25, -0.2) is 9.18 Å². The van der Waals surface area contributed by atoms with Crippen LogP contribution < -0.4 is 15.5 Å². The third kappa shape index (κ3) is 6.23. The number of hydrogen-bond acceptors (Lipinski definition) is 3. The van der Waals surface area contributed by atoms with Crippen LogP contribution in [0.15, 0.2) is 54.6 Å². The predicted octanol–water partition coefficient (Wildman–Crippen LogP) is 3.23. The van der Waals surface area contributed by atoms with Crippen LogP contribution in [0.4, 0.5) is 14.9 Å². The van der Waals surface area contributed by atoms with E-state index in [9.17, 15) is 9.18 Å². The van der Waals surface area contributed by atoms with Crippen LogP contribution >= 0.6 is 0 Å². The topological polar surface area (TPSA) is 47.6 Å². The van der Waals surface area contributed by atoms with Crippen molar-refractivity contribution in [1.29, 1.82) is 0 Å². The van der Waals surface area contributed by atoms with Gasteiger partial charge >= 0.3 is 6.03 Å². The van der Waals surface area contributed by atoms with E-state index in [0.29, 0.717) is 6.54 Å². The number of piperazine rings is 1. The normalized spacial score (nSPS) is 15.9. The lowest BCUT2D eigenvalue weighted by atomic mass is 10.2. The molecule has 1 fully saturated rings. The van der Waals surface area contributed by atoms with Crippen molar-refractivity contribution in [2.45, 2.75) is 25.9 Å². The van der Waals surface area contributed by atoms with Crippen LogP contribution in [0.3, 0.4) is 0 Å². The SMILES string of the molecule is CC(CCN1CCN(c2ccccc2)CC1)NC(=O)NCc1ccc(F)cc1. The molecule has 0 aliphatic carbocycles. The predicted molar refractivity (Wildman–Crippen MR) is 111 cm³/mol. The molecular formula is C22H29FN4O. The van der Waals surface area contributed by atoms with Crippen molar-refractivity contribution < 1.29 is 9.18 Å². The molecule has 2 aromatic carbocycles. The van der Waals surface area contributed by atoms with Crippen LogP contribution in [-0.4, -0.2) is 49.7 Å². The van der Waals surface area contributed by atoms with Gasteiger partial charge in [0.2, 0.25) is 0 Å². The molecule has 1 aliphatic heterocycles. The summed E-state index contributed by atoms with van der Waals surface area (Å²) in [5.74, 6) is -0.272. The number of benzene rings is 2. The number of amides is 2. The largest absolute Gasteiger partial charge is 0.369 e. The Morgan fingerprint density at radius 2 is 1.71 bits per heavy atom. The van der Waals surface area contributed by atoms with Gasteiger partial charge in [-0.3, -0.25) is 4.90 Å². The van der Waals surface area contributed by atoms with Crippen LogP contribution in [0.2, 0.25) is 0 Å². The van der Waals surface area contributed by atoms with Crippen molar-refractivity contribution in [2.24, 2.45) is 0 Å². The molecule has 2 aromatic rings. The minimum absolute atomic E-state index is 0.0976. The fourth-order valence-corrected chi connectivity index (χ4v) is 3.38. The highest BCUT2D eigenvalue weighted by Crippen LogP contribution is 2.15. The lowest BCUT2D eigenvalue weighted by Gasteiger charge is -2.36. The number of anilines is 1.